The van der Waals surface area contributed by atoms with Crippen LogP contribution in [0.3, 0.4) is 0 Å². The zero-order valence-corrected chi connectivity index (χ0v) is 16.4. The quantitative estimate of drug-likeness (QED) is 0.692. The number of hydrogen-bond acceptors (Lipinski definition) is 5. The number of amides is 2. The van der Waals surface area contributed by atoms with E-state index in [-0.39, 0.29) is 18.4 Å². The van der Waals surface area contributed by atoms with Gasteiger partial charge in [0.15, 0.2) is 6.61 Å². The number of carbonyl (C=O) groups excluding carboxylic acids is 3. The number of carbonyl (C=O) groups is 3. The fraction of sp³-hybridized carbons (Fsp3) is 0.381. The van der Waals surface area contributed by atoms with Crippen LogP contribution in [0.15, 0.2) is 41.8 Å². The van der Waals surface area contributed by atoms with Crippen LogP contribution in [-0.4, -0.2) is 30.9 Å². The molecule has 0 unspecified atom stereocenters. The topological polar surface area (TPSA) is 84.5 Å². The number of ether oxygens (including phenoxy) is 1. The molecule has 6 nitrogen and oxygen atoms in total. The molecule has 1 heterocycles. The van der Waals surface area contributed by atoms with Gasteiger partial charge in [0.05, 0.1) is 10.4 Å². The first-order chi connectivity index (χ1) is 13.6. The van der Waals surface area contributed by atoms with E-state index >= 15 is 0 Å². The lowest BCUT2D eigenvalue weighted by molar-refractivity contribution is -0.124. The second-order valence-corrected chi connectivity index (χ2v) is 7.84. The Kier molecular flexibility index (Phi) is 7.19. The third kappa shape index (κ3) is 5.92. The minimum Gasteiger partial charge on any atom is -0.452 e. The molecule has 0 atom stereocenters. The van der Waals surface area contributed by atoms with E-state index in [2.05, 4.69) is 10.6 Å². The number of hydrogen-bond donors (Lipinski definition) is 2. The normalized spacial score (nSPS) is 14.3. The van der Waals surface area contributed by atoms with Gasteiger partial charge in [-0.05, 0) is 54.5 Å². The van der Waals surface area contributed by atoms with Crippen LogP contribution >= 0.6 is 11.3 Å². The summed E-state index contributed by atoms with van der Waals surface area (Å²) in [4.78, 5) is 36.6. The summed E-state index contributed by atoms with van der Waals surface area (Å²) in [5, 5.41) is 7.44. The van der Waals surface area contributed by atoms with Crippen molar-refractivity contribution in [3.05, 3.63) is 52.2 Å². The van der Waals surface area contributed by atoms with Gasteiger partial charge in [0, 0.05) is 12.2 Å². The molecule has 2 aromatic rings. The molecule has 2 amide bonds. The molecule has 0 bridgehead atoms. The van der Waals surface area contributed by atoms with Crippen LogP contribution in [0.1, 0.15) is 52.1 Å². The van der Waals surface area contributed by atoms with E-state index in [1.54, 1.807) is 30.3 Å². The number of benzene rings is 1. The van der Waals surface area contributed by atoms with E-state index in [1.165, 1.54) is 30.6 Å². The number of anilines is 1. The largest absolute Gasteiger partial charge is 0.452 e. The van der Waals surface area contributed by atoms with E-state index < -0.39 is 5.97 Å². The molecule has 0 spiro atoms. The van der Waals surface area contributed by atoms with Gasteiger partial charge < -0.3 is 15.4 Å². The van der Waals surface area contributed by atoms with Gasteiger partial charge in [0.2, 0.25) is 0 Å². The molecule has 1 saturated carbocycles. The maximum atomic E-state index is 12.1. The molecule has 0 saturated heterocycles. The predicted octanol–water partition coefficient (Wildman–Crippen LogP) is 3.85. The Bertz CT molecular complexity index is 796. The summed E-state index contributed by atoms with van der Waals surface area (Å²) in [5.41, 5.74) is 0.911. The first kappa shape index (κ1) is 20.1. The van der Waals surface area contributed by atoms with Crippen molar-refractivity contribution in [3.63, 3.8) is 0 Å². The smallest absolute Gasteiger partial charge is 0.338 e. The average molecular weight is 401 g/mol. The molecular formula is C21H24N2O4S. The number of nitrogens with one attached hydrogen (secondary N) is 2. The van der Waals surface area contributed by atoms with Gasteiger partial charge in [-0.3, -0.25) is 9.59 Å². The van der Waals surface area contributed by atoms with Crippen LogP contribution in [0.2, 0.25) is 0 Å². The lowest BCUT2D eigenvalue weighted by Crippen LogP contribution is -2.33. The second-order valence-electron chi connectivity index (χ2n) is 6.89. The van der Waals surface area contributed by atoms with Gasteiger partial charge in [0.1, 0.15) is 0 Å². The van der Waals surface area contributed by atoms with E-state index in [9.17, 15) is 14.4 Å². The minimum atomic E-state index is -0.566. The van der Waals surface area contributed by atoms with Crippen LogP contribution in [0.25, 0.3) is 0 Å². The first-order valence-corrected chi connectivity index (χ1v) is 10.4. The molecule has 1 aliphatic carbocycles. The Morgan fingerprint density at radius 2 is 1.79 bits per heavy atom. The molecule has 28 heavy (non-hydrogen) atoms. The number of thiophene rings is 1. The molecule has 1 fully saturated rings. The van der Waals surface area contributed by atoms with Gasteiger partial charge in [0.25, 0.3) is 11.8 Å². The predicted molar refractivity (Wildman–Crippen MR) is 109 cm³/mol. The molecule has 0 radical (unpaired) electrons. The van der Waals surface area contributed by atoms with Crippen molar-refractivity contribution < 1.29 is 19.1 Å². The summed E-state index contributed by atoms with van der Waals surface area (Å²) in [6, 6.07) is 9.93. The summed E-state index contributed by atoms with van der Waals surface area (Å²) < 4.78 is 5.07. The highest BCUT2D eigenvalue weighted by Gasteiger charge is 2.15. The Balaban J connectivity index is 1.41. The Labute approximate surface area is 168 Å². The summed E-state index contributed by atoms with van der Waals surface area (Å²) >= 11 is 1.36. The SMILES string of the molecule is O=C(COC(=O)c1ccc(NC(=O)c2cccs2)cc1)NCC1CCCCC1. The summed E-state index contributed by atoms with van der Waals surface area (Å²) in [5.74, 6) is -0.506. The molecule has 148 valence electrons. The first-order valence-electron chi connectivity index (χ1n) is 9.50. The molecule has 3 rings (SSSR count). The molecule has 0 aliphatic heterocycles. The van der Waals surface area contributed by atoms with Crippen molar-refractivity contribution in [1.29, 1.82) is 0 Å². The summed E-state index contributed by atoms with van der Waals surface area (Å²) in [6.45, 7) is 0.359. The van der Waals surface area contributed by atoms with E-state index in [4.69, 9.17) is 4.74 Å². The van der Waals surface area contributed by atoms with E-state index in [0.717, 1.165) is 12.8 Å². The lowest BCUT2D eigenvalue weighted by atomic mass is 9.89. The number of rotatable bonds is 7. The highest BCUT2D eigenvalue weighted by atomic mass is 32.1. The maximum Gasteiger partial charge on any atom is 0.338 e. The van der Waals surface area contributed by atoms with E-state index in [1.807, 2.05) is 11.4 Å². The van der Waals surface area contributed by atoms with Gasteiger partial charge in [-0.2, -0.15) is 0 Å². The van der Waals surface area contributed by atoms with Crippen molar-refractivity contribution in [2.45, 2.75) is 32.1 Å². The van der Waals surface area contributed by atoms with Crippen LogP contribution < -0.4 is 10.6 Å². The minimum absolute atomic E-state index is 0.194. The van der Waals surface area contributed by atoms with Gasteiger partial charge in [-0.1, -0.05) is 25.3 Å². The lowest BCUT2D eigenvalue weighted by Gasteiger charge is -2.21. The molecule has 2 N–H and O–H groups in total. The Morgan fingerprint density at radius 1 is 1.04 bits per heavy atom. The zero-order valence-electron chi connectivity index (χ0n) is 15.6. The molecular weight excluding hydrogens is 376 g/mol. The fourth-order valence-electron chi connectivity index (χ4n) is 3.20. The van der Waals surface area contributed by atoms with Crippen LogP contribution in [0.5, 0.6) is 0 Å². The van der Waals surface area contributed by atoms with Crippen molar-refractivity contribution in [2.24, 2.45) is 5.92 Å². The van der Waals surface area contributed by atoms with Crippen LogP contribution in [0, 0.1) is 5.92 Å². The van der Waals surface area contributed by atoms with Gasteiger partial charge >= 0.3 is 5.97 Å². The summed E-state index contributed by atoms with van der Waals surface area (Å²) in [6.07, 6.45) is 6.02. The van der Waals surface area contributed by atoms with Crippen molar-refractivity contribution in [3.8, 4) is 0 Å². The fourth-order valence-corrected chi connectivity index (χ4v) is 3.82. The third-order valence-electron chi connectivity index (χ3n) is 4.77. The van der Waals surface area contributed by atoms with Crippen molar-refractivity contribution in [2.75, 3.05) is 18.5 Å². The molecule has 1 aliphatic rings. The standard InChI is InChI=1S/C21H24N2O4S/c24-19(22-13-15-5-2-1-3-6-15)14-27-21(26)16-8-10-17(11-9-16)23-20(25)18-7-4-12-28-18/h4,7-12,15H,1-3,5-6,13-14H2,(H,22,24)(H,23,25). The monoisotopic (exact) mass is 400 g/mol. The zero-order chi connectivity index (χ0) is 19.8. The van der Waals surface area contributed by atoms with Crippen LogP contribution in [0.4, 0.5) is 5.69 Å². The van der Waals surface area contributed by atoms with E-state index in [0.29, 0.717) is 28.6 Å². The maximum absolute atomic E-state index is 12.1. The average Bonchev–Trinajstić information content (AvgIpc) is 3.27. The van der Waals surface area contributed by atoms with Crippen molar-refractivity contribution >= 4 is 34.8 Å². The number of esters is 1. The van der Waals surface area contributed by atoms with Crippen molar-refractivity contribution in [1.82, 2.24) is 5.32 Å². The molecule has 1 aromatic carbocycles. The second kappa shape index (κ2) is 10.0. The Hall–Kier alpha value is -2.67. The Morgan fingerprint density at radius 3 is 2.46 bits per heavy atom. The van der Waals surface area contributed by atoms with Gasteiger partial charge in [-0.25, -0.2) is 4.79 Å². The summed E-state index contributed by atoms with van der Waals surface area (Å²) in [7, 11) is 0. The highest BCUT2D eigenvalue weighted by Crippen LogP contribution is 2.22. The third-order valence-corrected chi connectivity index (χ3v) is 5.64. The molecule has 7 heteroatoms. The highest BCUT2D eigenvalue weighted by molar-refractivity contribution is 7.12. The van der Waals surface area contributed by atoms with Crippen LogP contribution in [-0.2, 0) is 9.53 Å². The molecule has 1 aromatic heterocycles. The van der Waals surface area contributed by atoms with Gasteiger partial charge in [-0.15, -0.1) is 11.3 Å².